The van der Waals surface area contributed by atoms with Gasteiger partial charge in [0.15, 0.2) is 0 Å². The summed E-state index contributed by atoms with van der Waals surface area (Å²) in [5.74, 6) is 0. The van der Waals surface area contributed by atoms with Crippen LogP contribution in [0.2, 0.25) is 0 Å². The van der Waals surface area contributed by atoms with Crippen molar-refractivity contribution in [2.45, 2.75) is 6.54 Å². The molecule has 0 fully saturated rings. The van der Waals surface area contributed by atoms with Crippen molar-refractivity contribution in [1.29, 1.82) is 0 Å². The third-order valence-corrected chi connectivity index (χ3v) is 2.05. The predicted molar refractivity (Wildman–Crippen MR) is 53.7 cm³/mol. The summed E-state index contributed by atoms with van der Waals surface area (Å²) >= 11 is 0. The molecule has 3 heteroatoms. The van der Waals surface area contributed by atoms with Crippen molar-refractivity contribution in [1.82, 2.24) is 15.1 Å². The number of likely N-dealkylation sites (N-methyl/N-ethyl adjacent to an activating group) is 1. The second-order valence-electron chi connectivity index (χ2n) is 3.05. The number of hydrogen-bond donors (Lipinski definition) is 1. The molecule has 0 aliphatic carbocycles. The number of benzene rings is 1. The first kappa shape index (κ1) is 8.26. The Morgan fingerprint density at radius 3 is 3.00 bits per heavy atom. The first-order valence-electron chi connectivity index (χ1n) is 4.47. The summed E-state index contributed by atoms with van der Waals surface area (Å²) in [7, 11) is 1.95. The maximum Gasteiger partial charge on any atom is 0.0923 e. The molecule has 0 atom stereocenters. The van der Waals surface area contributed by atoms with Gasteiger partial charge in [0, 0.05) is 18.1 Å². The summed E-state index contributed by atoms with van der Waals surface area (Å²) in [6.07, 6.45) is 2.08. The van der Waals surface area contributed by atoms with Crippen LogP contribution in [0.4, 0.5) is 0 Å². The third kappa shape index (κ3) is 1.70. The molecule has 1 aromatic carbocycles. The molecule has 2 rings (SSSR count). The smallest absolute Gasteiger partial charge is 0.0923 e. The van der Waals surface area contributed by atoms with Crippen molar-refractivity contribution in [3.63, 3.8) is 0 Å². The van der Waals surface area contributed by atoms with Crippen LogP contribution in [-0.2, 0) is 6.54 Å². The number of hydrogen-bond acceptors (Lipinski definition) is 2. The summed E-state index contributed by atoms with van der Waals surface area (Å²) in [6, 6.07) is 8.16. The average Bonchev–Trinajstić information content (AvgIpc) is 2.57. The molecule has 0 aliphatic rings. The van der Waals surface area contributed by atoms with E-state index in [4.69, 9.17) is 0 Å². The Kier molecular flexibility index (Phi) is 2.27. The highest BCUT2D eigenvalue weighted by Gasteiger charge is 1.97. The summed E-state index contributed by atoms with van der Waals surface area (Å²) in [6.45, 7) is 1.87. The molecule has 0 unspecified atom stereocenters. The van der Waals surface area contributed by atoms with Crippen LogP contribution in [0.1, 0.15) is 0 Å². The molecule has 0 saturated carbocycles. The fraction of sp³-hybridized carbons (Fsp3) is 0.300. The van der Waals surface area contributed by atoms with E-state index in [1.54, 1.807) is 0 Å². The molecule has 2 aromatic rings. The lowest BCUT2D eigenvalue weighted by atomic mass is 10.3. The molecule has 0 bridgehead atoms. The van der Waals surface area contributed by atoms with Gasteiger partial charge in [0.2, 0.25) is 0 Å². The Labute approximate surface area is 77.4 Å². The molecule has 3 nitrogen and oxygen atoms in total. The number of aromatic nitrogens is 2. The van der Waals surface area contributed by atoms with E-state index in [0.29, 0.717) is 0 Å². The van der Waals surface area contributed by atoms with Crippen molar-refractivity contribution >= 4 is 10.9 Å². The second-order valence-corrected chi connectivity index (χ2v) is 3.05. The van der Waals surface area contributed by atoms with Crippen LogP contribution in [0.25, 0.3) is 10.9 Å². The van der Waals surface area contributed by atoms with Crippen LogP contribution in [0, 0.1) is 0 Å². The molecule has 0 aliphatic heterocycles. The maximum absolute atomic E-state index is 4.43. The van der Waals surface area contributed by atoms with Crippen LogP contribution < -0.4 is 5.32 Å². The fourth-order valence-electron chi connectivity index (χ4n) is 1.36. The topological polar surface area (TPSA) is 29.9 Å². The number of nitrogens with one attached hydrogen (secondary N) is 1. The van der Waals surface area contributed by atoms with Crippen molar-refractivity contribution in [2.24, 2.45) is 0 Å². The normalized spacial score (nSPS) is 10.8. The Morgan fingerprint density at radius 2 is 2.23 bits per heavy atom. The largest absolute Gasteiger partial charge is 0.318 e. The minimum Gasteiger partial charge on any atom is -0.318 e. The lowest BCUT2D eigenvalue weighted by Gasteiger charge is -1.97. The molecule has 0 saturated heterocycles. The second kappa shape index (κ2) is 3.58. The van der Waals surface area contributed by atoms with E-state index in [9.17, 15) is 0 Å². The van der Waals surface area contributed by atoms with Gasteiger partial charge in [-0.25, -0.2) is 0 Å². The first-order valence-corrected chi connectivity index (χ1v) is 4.47. The minimum absolute atomic E-state index is 0.922. The van der Waals surface area contributed by atoms with E-state index in [2.05, 4.69) is 22.7 Å². The van der Waals surface area contributed by atoms with Crippen LogP contribution in [-0.4, -0.2) is 23.4 Å². The first-order chi connectivity index (χ1) is 6.40. The molecule has 1 aromatic heterocycles. The minimum atomic E-state index is 0.922. The van der Waals surface area contributed by atoms with Gasteiger partial charge < -0.3 is 5.32 Å². The van der Waals surface area contributed by atoms with Gasteiger partial charge in [0.05, 0.1) is 12.1 Å². The Hall–Kier alpha value is -1.35. The highest BCUT2D eigenvalue weighted by atomic mass is 15.3. The lowest BCUT2D eigenvalue weighted by Crippen LogP contribution is -2.14. The van der Waals surface area contributed by atoms with Gasteiger partial charge in [-0.3, -0.25) is 4.68 Å². The zero-order valence-corrected chi connectivity index (χ0v) is 7.70. The van der Waals surface area contributed by atoms with Crippen LogP contribution in [0.15, 0.2) is 30.5 Å². The van der Waals surface area contributed by atoms with Gasteiger partial charge in [0.25, 0.3) is 0 Å². The maximum atomic E-state index is 4.43. The highest BCUT2D eigenvalue weighted by molar-refractivity contribution is 5.77. The Morgan fingerprint density at radius 1 is 1.38 bits per heavy atom. The van der Waals surface area contributed by atoms with Gasteiger partial charge in [-0.1, -0.05) is 18.2 Å². The number of nitrogens with zero attached hydrogens (tertiary/aromatic N) is 2. The summed E-state index contributed by atoms with van der Waals surface area (Å²) in [5.41, 5.74) is 1.07. The summed E-state index contributed by atoms with van der Waals surface area (Å²) in [4.78, 5) is 0. The molecule has 0 amide bonds. The molecule has 68 valence electrons. The van der Waals surface area contributed by atoms with E-state index in [-0.39, 0.29) is 0 Å². The van der Waals surface area contributed by atoms with Gasteiger partial charge in [-0.2, -0.15) is 5.10 Å². The van der Waals surface area contributed by atoms with Crippen molar-refractivity contribution in [3.05, 3.63) is 30.5 Å². The Balaban J connectivity index is 2.28. The monoisotopic (exact) mass is 175 g/mol. The predicted octanol–water partition coefficient (Wildman–Crippen LogP) is 1.26. The van der Waals surface area contributed by atoms with Crippen LogP contribution in [0.5, 0.6) is 0 Å². The molecule has 13 heavy (non-hydrogen) atoms. The van der Waals surface area contributed by atoms with E-state index in [0.717, 1.165) is 18.6 Å². The SMILES string of the molecule is CNCCn1cc2ccccc2n1. The quantitative estimate of drug-likeness (QED) is 0.761. The van der Waals surface area contributed by atoms with Gasteiger partial charge >= 0.3 is 0 Å². The van der Waals surface area contributed by atoms with Crippen molar-refractivity contribution in [3.8, 4) is 0 Å². The zero-order valence-electron chi connectivity index (χ0n) is 7.70. The Bertz CT molecular complexity index is 359. The third-order valence-electron chi connectivity index (χ3n) is 2.05. The van der Waals surface area contributed by atoms with Gasteiger partial charge in [-0.15, -0.1) is 0 Å². The lowest BCUT2D eigenvalue weighted by molar-refractivity contribution is 0.590. The summed E-state index contributed by atoms with van der Waals surface area (Å²) < 4.78 is 1.97. The highest BCUT2D eigenvalue weighted by Crippen LogP contribution is 2.10. The van der Waals surface area contributed by atoms with Crippen molar-refractivity contribution in [2.75, 3.05) is 13.6 Å². The number of fused-ring (bicyclic) bond motifs is 1. The fourth-order valence-corrected chi connectivity index (χ4v) is 1.36. The molecule has 0 radical (unpaired) electrons. The standard InChI is InChI=1S/C10H13N3/c1-11-6-7-13-8-9-4-2-3-5-10(9)12-13/h2-5,8,11H,6-7H2,1H3. The van der Waals surface area contributed by atoms with Crippen LogP contribution >= 0.6 is 0 Å². The molecule has 1 heterocycles. The molecular formula is C10H13N3. The van der Waals surface area contributed by atoms with Gasteiger partial charge in [-0.05, 0) is 13.1 Å². The van der Waals surface area contributed by atoms with E-state index in [1.807, 2.05) is 29.9 Å². The van der Waals surface area contributed by atoms with Gasteiger partial charge in [0.1, 0.15) is 0 Å². The molecule has 1 N–H and O–H groups in total. The van der Waals surface area contributed by atoms with Crippen molar-refractivity contribution < 1.29 is 0 Å². The van der Waals surface area contributed by atoms with E-state index < -0.39 is 0 Å². The van der Waals surface area contributed by atoms with E-state index >= 15 is 0 Å². The van der Waals surface area contributed by atoms with E-state index in [1.165, 1.54) is 5.39 Å². The number of rotatable bonds is 3. The van der Waals surface area contributed by atoms with Crippen LogP contribution in [0.3, 0.4) is 0 Å². The zero-order chi connectivity index (χ0) is 9.10. The molecule has 0 spiro atoms. The molecular weight excluding hydrogens is 162 g/mol. The summed E-state index contributed by atoms with van der Waals surface area (Å²) in [5, 5.41) is 8.73. The average molecular weight is 175 g/mol.